The molecule has 1 aromatic heterocycles. The summed E-state index contributed by atoms with van der Waals surface area (Å²) >= 11 is 1.29. The second-order valence-electron chi connectivity index (χ2n) is 7.33. The normalized spacial score (nSPS) is 18.6. The Hall–Kier alpha value is -1.82. The van der Waals surface area contributed by atoms with Crippen molar-refractivity contribution in [3.05, 3.63) is 59.7 Å². The lowest BCUT2D eigenvalue weighted by atomic mass is 10.0. The van der Waals surface area contributed by atoms with Crippen molar-refractivity contribution < 1.29 is 0 Å². The van der Waals surface area contributed by atoms with E-state index in [-0.39, 0.29) is 0 Å². The summed E-state index contributed by atoms with van der Waals surface area (Å²) in [5.41, 5.74) is 4.79. The molecule has 1 unspecified atom stereocenters. The third kappa shape index (κ3) is 4.29. The lowest BCUT2D eigenvalue weighted by Crippen LogP contribution is -2.46. The first-order valence-corrected chi connectivity index (χ1v) is 10.2. The molecule has 0 saturated carbocycles. The molecule has 26 heavy (non-hydrogen) atoms. The van der Waals surface area contributed by atoms with Gasteiger partial charge in [0.15, 0.2) is 0 Å². The highest BCUT2D eigenvalue weighted by atomic mass is 32.1. The van der Waals surface area contributed by atoms with Crippen LogP contribution in [-0.2, 0) is 13.0 Å². The van der Waals surface area contributed by atoms with Gasteiger partial charge in [0.2, 0.25) is 0 Å². The van der Waals surface area contributed by atoms with Crippen molar-refractivity contribution in [3.8, 4) is 0 Å². The van der Waals surface area contributed by atoms with E-state index in [2.05, 4.69) is 74.1 Å². The standard InChI is InChI=1S/C21H26N4S/c1-24(15-18-9-10-20-21(14-18)23-26-22-20)19-8-5-12-25(16-19)13-11-17-6-3-2-4-7-17/h2-4,6-7,9-10,14,19H,5,8,11-13,15-16H2,1H3. The molecule has 1 aliphatic heterocycles. The van der Waals surface area contributed by atoms with Gasteiger partial charge in [0.1, 0.15) is 11.0 Å². The summed E-state index contributed by atoms with van der Waals surface area (Å²) in [5, 5.41) is 0. The number of hydrogen-bond acceptors (Lipinski definition) is 5. The van der Waals surface area contributed by atoms with Crippen LogP contribution in [0.25, 0.3) is 11.0 Å². The average molecular weight is 367 g/mol. The van der Waals surface area contributed by atoms with Gasteiger partial charge >= 0.3 is 0 Å². The van der Waals surface area contributed by atoms with Crippen LogP contribution in [0.1, 0.15) is 24.0 Å². The zero-order valence-electron chi connectivity index (χ0n) is 15.3. The summed E-state index contributed by atoms with van der Waals surface area (Å²) in [6.07, 6.45) is 3.72. The quantitative estimate of drug-likeness (QED) is 0.664. The topological polar surface area (TPSA) is 32.3 Å². The van der Waals surface area contributed by atoms with Gasteiger partial charge in [-0.25, -0.2) is 0 Å². The summed E-state index contributed by atoms with van der Waals surface area (Å²) in [6.45, 7) is 4.53. The predicted molar refractivity (Wildman–Crippen MR) is 108 cm³/mol. The van der Waals surface area contributed by atoms with Gasteiger partial charge in [-0.2, -0.15) is 8.75 Å². The summed E-state index contributed by atoms with van der Waals surface area (Å²) in [4.78, 5) is 5.14. The van der Waals surface area contributed by atoms with Crippen molar-refractivity contribution in [1.82, 2.24) is 18.5 Å². The highest BCUT2D eigenvalue weighted by Gasteiger charge is 2.23. The van der Waals surface area contributed by atoms with Crippen molar-refractivity contribution in [2.45, 2.75) is 31.8 Å². The van der Waals surface area contributed by atoms with Gasteiger partial charge in [-0.1, -0.05) is 36.4 Å². The van der Waals surface area contributed by atoms with Gasteiger partial charge in [-0.05, 0) is 56.1 Å². The van der Waals surface area contributed by atoms with E-state index in [0.29, 0.717) is 6.04 Å². The van der Waals surface area contributed by atoms with Crippen molar-refractivity contribution in [2.75, 3.05) is 26.7 Å². The lowest BCUT2D eigenvalue weighted by Gasteiger charge is -2.37. The van der Waals surface area contributed by atoms with Gasteiger partial charge in [-0.3, -0.25) is 4.90 Å². The van der Waals surface area contributed by atoms with Gasteiger partial charge in [-0.15, -0.1) is 0 Å². The number of rotatable bonds is 6. The largest absolute Gasteiger partial charge is 0.301 e. The first-order valence-electron chi connectivity index (χ1n) is 9.46. The fourth-order valence-electron chi connectivity index (χ4n) is 3.87. The highest BCUT2D eigenvalue weighted by Crippen LogP contribution is 2.19. The summed E-state index contributed by atoms with van der Waals surface area (Å²) in [5.74, 6) is 0. The Morgan fingerprint density at radius 2 is 1.92 bits per heavy atom. The molecule has 0 aliphatic carbocycles. The van der Waals surface area contributed by atoms with Gasteiger partial charge < -0.3 is 4.90 Å². The molecule has 2 heterocycles. The summed E-state index contributed by atoms with van der Waals surface area (Å²) in [7, 11) is 2.26. The second kappa shape index (κ2) is 8.25. The van der Waals surface area contributed by atoms with Crippen molar-refractivity contribution >= 4 is 22.8 Å². The number of likely N-dealkylation sites (N-methyl/N-ethyl adjacent to an activating group) is 1. The number of fused-ring (bicyclic) bond motifs is 1. The lowest BCUT2D eigenvalue weighted by molar-refractivity contribution is 0.113. The molecule has 1 atom stereocenters. The Kier molecular flexibility index (Phi) is 5.58. The number of benzene rings is 2. The molecule has 1 fully saturated rings. The Bertz CT molecular complexity index is 832. The number of piperidine rings is 1. The van der Waals surface area contributed by atoms with Crippen LogP contribution in [0.2, 0.25) is 0 Å². The van der Waals surface area contributed by atoms with Crippen LogP contribution in [-0.4, -0.2) is 51.3 Å². The first kappa shape index (κ1) is 17.6. The van der Waals surface area contributed by atoms with Crippen molar-refractivity contribution in [2.24, 2.45) is 0 Å². The zero-order valence-corrected chi connectivity index (χ0v) is 16.2. The van der Waals surface area contributed by atoms with Crippen LogP contribution in [0.3, 0.4) is 0 Å². The number of likely N-dealkylation sites (tertiary alicyclic amines) is 1. The molecule has 3 aromatic rings. The molecule has 4 rings (SSSR count). The van der Waals surface area contributed by atoms with Crippen molar-refractivity contribution in [1.29, 1.82) is 0 Å². The molecule has 0 radical (unpaired) electrons. The predicted octanol–water partition coefficient (Wildman–Crippen LogP) is 3.83. The summed E-state index contributed by atoms with van der Waals surface area (Å²) in [6, 6.07) is 17.9. The van der Waals surface area contributed by atoms with Gasteiger partial charge in [0.05, 0.1) is 11.7 Å². The minimum Gasteiger partial charge on any atom is -0.301 e. The summed E-state index contributed by atoms with van der Waals surface area (Å²) < 4.78 is 8.66. The monoisotopic (exact) mass is 366 g/mol. The van der Waals surface area contributed by atoms with E-state index in [1.807, 2.05) is 0 Å². The SMILES string of the molecule is CN(Cc1ccc2nsnc2c1)C1CCCN(CCc2ccccc2)C1. The maximum atomic E-state index is 4.37. The maximum Gasteiger partial charge on any atom is 0.105 e. The van der Waals surface area contributed by atoms with Crippen molar-refractivity contribution in [3.63, 3.8) is 0 Å². The number of hydrogen-bond donors (Lipinski definition) is 0. The molecule has 0 bridgehead atoms. The Balaban J connectivity index is 1.32. The van der Waals surface area contributed by atoms with E-state index in [0.717, 1.165) is 30.5 Å². The minimum absolute atomic E-state index is 0.628. The molecular weight excluding hydrogens is 340 g/mol. The molecule has 0 N–H and O–H groups in total. The van der Waals surface area contributed by atoms with Crippen LogP contribution < -0.4 is 0 Å². The third-order valence-corrected chi connectivity index (χ3v) is 5.97. The fourth-order valence-corrected chi connectivity index (χ4v) is 4.39. The molecule has 0 spiro atoms. The molecule has 136 valence electrons. The molecule has 4 nitrogen and oxygen atoms in total. The Morgan fingerprint density at radius 3 is 2.81 bits per heavy atom. The second-order valence-corrected chi connectivity index (χ2v) is 7.86. The zero-order chi connectivity index (χ0) is 17.8. The fraction of sp³-hybridized carbons (Fsp3) is 0.429. The van der Waals surface area contributed by atoms with E-state index >= 15 is 0 Å². The minimum atomic E-state index is 0.628. The van der Waals surface area contributed by atoms with Gasteiger partial charge in [0.25, 0.3) is 0 Å². The Labute approximate surface area is 159 Å². The van der Waals surface area contributed by atoms with Crippen LogP contribution in [0.5, 0.6) is 0 Å². The smallest absolute Gasteiger partial charge is 0.105 e. The van der Waals surface area contributed by atoms with Gasteiger partial charge in [0, 0.05) is 25.7 Å². The van der Waals surface area contributed by atoms with Crippen LogP contribution >= 0.6 is 11.7 Å². The van der Waals surface area contributed by atoms with E-state index in [4.69, 9.17) is 0 Å². The maximum absolute atomic E-state index is 4.37. The molecule has 5 heteroatoms. The number of aromatic nitrogens is 2. The Morgan fingerprint density at radius 1 is 1.08 bits per heavy atom. The molecule has 1 aliphatic rings. The van der Waals surface area contributed by atoms with E-state index < -0.39 is 0 Å². The van der Waals surface area contributed by atoms with E-state index in [1.165, 1.54) is 48.8 Å². The van der Waals surface area contributed by atoms with E-state index in [9.17, 15) is 0 Å². The molecule has 0 amide bonds. The highest BCUT2D eigenvalue weighted by molar-refractivity contribution is 7.00. The average Bonchev–Trinajstić information content (AvgIpc) is 3.15. The van der Waals surface area contributed by atoms with Crippen LogP contribution in [0.15, 0.2) is 48.5 Å². The molecular formula is C21H26N4S. The molecule has 1 saturated heterocycles. The van der Waals surface area contributed by atoms with E-state index in [1.54, 1.807) is 0 Å². The van der Waals surface area contributed by atoms with Crippen LogP contribution in [0, 0.1) is 0 Å². The third-order valence-electron chi connectivity index (χ3n) is 5.41. The molecule has 2 aromatic carbocycles. The van der Waals surface area contributed by atoms with Crippen LogP contribution in [0.4, 0.5) is 0 Å². The first-order chi connectivity index (χ1) is 12.8. The number of nitrogens with zero attached hydrogens (tertiary/aromatic N) is 4.